The molecule has 2 aliphatic rings. The van der Waals surface area contributed by atoms with Gasteiger partial charge < -0.3 is 25.8 Å². The first-order chi connectivity index (χ1) is 14.7. The van der Waals surface area contributed by atoms with Crippen molar-refractivity contribution in [1.82, 2.24) is 15.1 Å². The van der Waals surface area contributed by atoms with Gasteiger partial charge in [0.2, 0.25) is 5.91 Å². The second-order valence-electron chi connectivity index (χ2n) is 8.27. The molecule has 3 N–H and O–H groups in total. The highest BCUT2D eigenvalue weighted by atomic mass is 16.1. The summed E-state index contributed by atoms with van der Waals surface area (Å²) in [6.45, 7) is 11.0. The number of nitrogens with zero attached hydrogens (tertiary/aromatic N) is 4. The van der Waals surface area contributed by atoms with Gasteiger partial charge in [0, 0.05) is 50.9 Å². The highest BCUT2D eigenvalue weighted by molar-refractivity contribution is 5.80. The number of likely N-dealkylation sites (tertiary alicyclic amines) is 1. The van der Waals surface area contributed by atoms with Crippen LogP contribution in [0.5, 0.6) is 0 Å². The number of hydrogen-bond donors (Lipinski definition) is 2. The van der Waals surface area contributed by atoms with Gasteiger partial charge in [-0.2, -0.15) is 0 Å². The fourth-order valence-electron chi connectivity index (χ4n) is 4.31. The third-order valence-corrected chi connectivity index (χ3v) is 6.17. The Kier molecular flexibility index (Phi) is 8.81. The lowest BCUT2D eigenvalue weighted by atomic mass is 9.96. The third kappa shape index (κ3) is 6.62. The number of anilines is 1. The molecule has 0 aliphatic carbocycles. The largest absolute Gasteiger partial charge is 0.369 e. The lowest BCUT2D eigenvalue weighted by Crippen LogP contribution is -2.52. The predicted molar refractivity (Wildman–Crippen MR) is 124 cm³/mol. The number of carbonyl (C=O) groups is 1. The van der Waals surface area contributed by atoms with Crippen molar-refractivity contribution in [1.29, 1.82) is 0 Å². The van der Waals surface area contributed by atoms with Crippen LogP contribution in [-0.2, 0) is 4.79 Å². The molecule has 30 heavy (non-hydrogen) atoms. The van der Waals surface area contributed by atoms with Crippen LogP contribution in [0.25, 0.3) is 0 Å². The summed E-state index contributed by atoms with van der Waals surface area (Å²) in [7, 11) is 0. The summed E-state index contributed by atoms with van der Waals surface area (Å²) < 4.78 is 0. The number of piperidine rings is 1. The second kappa shape index (κ2) is 11.8. The summed E-state index contributed by atoms with van der Waals surface area (Å²) in [5, 5.41) is 3.47. The molecule has 0 bridgehead atoms. The van der Waals surface area contributed by atoms with Crippen molar-refractivity contribution >= 4 is 17.6 Å². The summed E-state index contributed by atoms with van der Waals surface area (Å²) in [4.78, 5) is 23.4. The van der Waals surface area contributed by atoms with Gasteiger partial charge in [-0.1, -0.05) is 18.2 Å². The summed E-state index contributed by atoms with van der Waals surface area (Å²) in [5.41, 5.74) is 6.72. The maximum atomic E-state index is 11.3. The van der Waals surface area contributed by atoms with Crippen molar-refractivity contribution < 1.29 is 4.79 Å². The molecule has 1 aromatic carbocycles. The van der Waals surface area contributed by atoms with E-state index in [4.69, 9.17) is 10.7 Å². The molecule has 1 amide bonds. The van der Waals surface area contributed by atoms with E-state index < -0.39 is 0 Å². The fraction of sp³-hybridized carbons (Fsp3) is 0.652. The van der Waals surface area contributed by atoms with E-state index in [-0.39, 0.29) is 11.8 Å². The SMILES string of the molecule is CCNC(=NCCCCN1CCC(C(N)=O)CC1)N1CCN(c2ccccc2)CC1. The van der Waals surface area contributed by atoms with Crippen molar-refractivity contribution in [2.24, 2.45) is 16.6 Å². The van der Waals surface area contributed by atoms with E-state index in [1.54, 1.807) is 0 Å². The van der Waals surface area contributed by atoms with Crippen LogP contribution < -0.4 is 16.0 Å². The molecular formula is C23H38N6O. The van der Waals surface area contributed by atoms with Crippen LogP contribution in [0.2, 0.25) is 0 Å². The van der Waals surface area contributed by atoms with Gasteiger partial charge in [-0.05, 0) is 64.4 Å². The number of benzene rings is 1. The number of piperazine rings is 1. The molecule has 2 heterocycles. The lowest BCUT2D eigenvalue weighted by molar-refractivity contribution is -0.123. The molecule has 2 saturated heterocycles. The zero-order valence-electron chi connectivity index (χ0n) is 18.4. The molecule has 2 aliphatic heterocycles. The van der Waals surface area contributed by atoms with Gasteiger partial charge in [0.15, 0.2) is 5.96 Å². The molecule has 2 fully saturated rings. The Bertz CT molecular complexity index is 664. The van der Waals surface area contributed by atoms with E-state index in [0.29, 0.717) is 0 Å². The average Bonchev–Trinajstić information content (AvgIpc) is 2.79. The normalized spacial score (nSPS) is 19.2. The van der Waals surface area contributed by atoms with Crippen LogP contribution in [0.15, 0.2) is 35.3 Å². The van der Waals surface area contributed by atoms with Gasteiger partial charge in [0.25, 0.3) is 0 Å². The average molecular weight is 415 g/mol. The number of rotatable bonds is 8. The summed E-state index contributed by atoms with van der Waals surface area (Å²) in [6.07, 6.45) is 4.06. The Hall–Kier alpha value is -2.28. The van der Waals surface area contributed by atoms with Crippen LogP contribution in [0.3, 0.4) is 0 Å². The topological polar surface area (TPSA) is 77.2 Å². The van der Waals surface area contributed by atoms with Crippen LogP contribution in [0, 0.1) is 5.92 Å². The van der Waals surface area contributed by atoms with E-state index in [0.717, 1.165) is 90.5 Å². The number of aliphatic imine (C=N–C) groups is 1. The number of hydrogen-bond acceptors (Lipinski definition) is 4. The molecule has 166 valence electrons. The standard InChI is InChI=1S/C23H38N6O/c1-2-25-23(29-18-16-28(17-19-29)21-8-4-3-5-9-21)26-12-6-7-13-27-14-10-20(11-15-27)22(24)30/h3-5,8-9,20H,2,6-7,10-19H2,1H3,(H2,24,30)(H,25,26). The number of para-hydroxylation sites is 1. The third-order valence-electron chi connectivity index (χ3n) is 6.17. The van der Waals surface area contributed by atoms with E-state index in [1.165, 1.54) is 5.69 Å². The van der Waals surface area contributed by atoms with Crippen molar-refractivity contribution in [3.63, 3.8) is 0 Å². The number of primary amides is 1. The summed E-state index contributed by atoms with van der Waals surface area (Å²) in [6, 6.07) is 10.6. The lowest BCUT2D eigenvalue weighted by Gasteiger charge is -2.37. The minimum atomic E-state index is -0.135. The van der Waals surface area contributed by atoms with Crippen molar-refractivity contribution in [2.75, 3.05) is 63.8 Å². The maximum absolute atomic E-state index is 11.3. The van der Waals surface area contributed by atoms with Gasteiger partial charge in [0.05, 0.1) is 0 Å². The van der Waals surface area contributed by atoms with E-state index >= 15 is 0 Å². The van der Waals surface area contributed by atoms with Gasteiger partial charge in [-0.25, -0.2) is 0 Å². The molecule has 0 saturated carbocycles. The van der Waals surface area contributed by atoms with Crippen LogP contribution >= 0.6 is 0 Å². The molecule has 0 unspecified atom stereocenters. The predicted octanol–water partition coefficient (Wildman–Crippen LogP) is 1.75. The number of nitrogens with two attached hydrogens (primary N) is 1. The van der Waals surface area contributed by atoms with Gasteiger partial charge >= 0.3 is 0 Å². The Morgan fingerprint density at radius 1 is 1.07 bits per heavy atom. The van der Waals surface area contributed by atoms with Gasteiger partial charge in [-0.3, -0.25) is 9.79 Å². The fourth-order valence-corrected chi connectivity index (χ4v) is 4.31. The molecule has 7 heteroatoms. The smallest absolute Gasteiger partial charge is 0.220 e. The minimum absolute atomic E-state index is 0.0795. The zero-order valence-corrected chi connectivity index (χ0v) is 18.4. The molecular weight excluding hydrogens is 376 g/mol. The Balaban J connectivity index is 1.37. The van der Waals surface area contributed by atoms with E-state index in [2.05, 4.69) is 57.3 Å². The quantitative estimate of drug-likeness (QED) is 0.385. The highest BCUT2D eigenvalue weighted by Crippen LogP contribution is 2.17. The van der Waals surface area contributed by atoms with Crippen molar-refractivity contribution in [2.45, 2.75) is 32.6 Å². The molecule has 1 aromatic rings. The summed E-state index contributed by atoms with van der Waals surface area (Å²) in [5.74, 6) is 0.993. The number of unbranched alkanes of at least 4 members (excludes halogenated alkanes) is 1. The first-order valence-corrected chi connectivity index (χ1v) is 11.5. The second-order valence-corrected chi connectivity index (χ2v) is 8.27. The molecule has 7 nitrogen and oxygen atoms in total. The molecule has 0 aromatic heterocycles. The molecule has 0 radical (unpaired) electrons. The van der Waals surface area contributed by atoms with E-state index in [9.17, 15) is 4.79 Å². The van der Waals surface area contributed by atoms with Crippen LogP contribution in [0.1, 0.15) is 32.6 Å². The molecule has 0 spiro atoms. The Morgan fingerprint density at radius 2 is 1.77 bits per heavy atom. The molecule has 0 atom stereocenters. The zero-order chi connectivity index (χ0) is 21.2. The first kappa shape index (κ1) is 22.4. The maximum Gasteiger partial charge on any atom is 0.220 e. The minimum Gasteiger partial charge on any atom is -0.369 e. The van der Waals surface area contributed by atoms with Gasteiger partial charge in [0.1, 0.15) is 0 Å². The van der Waals surface area contributed by atoms with Crippen molar-refractivity contribution in [3.8, 4) is 0 Å². The monoisotopic (exact) mass is 414 g/mol. The Labute approximate surface area is 181 Å². The van der Waals surface area contributed by atoms with E-state index in [1.807, 2.05) is 0 Å². The molecule has 3 rings (SSSR count). The number of guanidine groups is 1. The number of carbonyl (C=O) groups excluding carboxylic acids is 1. The number of amides is 1. The van der Waals surface area contributed by atoms with Gasteiger partial charge in [-0.15, -0.1) is 0 Å². The van der Waals surface area contributed by atoms with Crippen LogP contribution in [-0.4, -0.2) is 80.6 Å². The van der Waals surface area contributed by atoms with Crippen molar-refractivity contribution in [3.05, 3.63) is 30.3 Å². The van der Waals surface area contributed by atoms with Crippen LogP contribution in [0.4, 0.5) is 5.69 Å². The number of nitrogens with one attached hydrogen (secondary N) is 1. The summed E-state index contributed by atoms with van der Waals surface area (Å²) >= 11 is 0. The first-order valence-electron chi connectivity index (χ1n) is 11.5. The Morgan fingerprint density at radius 3 is 2.40 bits per heavy atom. The highest BCUT2D eigenvalue weighted by Gasteiger charge is 2.22.